The number of carbonyl (C=O) groups excluding carboxylic acids is 1. The summed E-state index contributed by atoms with van der Waals surface area (Å²) in [4.78, 5) is 22.4. The fourth-order valence-corrected chi connectivity index (χ4v) is 4.58. The van der Waals surface area contributed by atoms with Crippen molar-refractivity contribution < 1.29 is 31.3 Å². The van der Waals surface area contributed by atoms with Crippen LogP contribution >= 0.6 is 0 Å². The van der Waals surface area contributed by atoms with Crippen LogP contribution in [-0.2, 0) is 21.0 Å². The van der Waals surface area contributed by atoms with E-state index in [2.05, 4.69) is 10.5 Å². The Kier molecular flexibility index (Phi) is 7.49. The molecule has 0 fully saturated rings. The molecule has 0 heterocycles. The molecule has 0 spiro atoms. The quantitative estimate of drug-likeness (QED) is 0.282. The Morgan fingerprint density at radius 3 is 2.34 bits per heavy atom. The van der Waals surface area contributed by atoms with Crippen molar-refractivity contribution in [3.63, 3.8) is 0 Å². The van der Waals surface area contributed by atoms with E-state index >= 15 is 0 Å². The second kappa shape index (κ2) is 10.3. The largest absolute Gasteiger partial charge is 0.416 e. The van der Waals surface area contributed by atoms with Gasteiger partial charge in [0.2, 0.25) is 0 Å². The van der Waals surface area contributed by atoms with Gasteiger partial charge in [0, 0.05) is 6.07 Å². The molecule has 0 aromatic heterocycles. The molecule has 13 heteroatoms. The smallest absolute Gasteiger partial charge is 0.271 e. The Bertz CT molecular complexity index is 1360. The molecule has 0 radical (unpaired) electrons. The maximum Gasteiger partial charge on any atom is 0.416 e. The normalized spacial score (nSPS) is 11.9. The predicted molar refractivity (Wildman–Crippen MR) is 121 cm³/mol. The van der Waals surface area contributed by atoms with Crippen molar-refractivity contribution in [2.45, 2.75) is 11.1 Å². The number of para-hydroxylation sites is 2. The summed E-state index contributed by atoms with van der Waals surface area (Å²) in [5, 5.41) is 15.0. The molecular weight excluding hydrogens is 489 g/mol. The molecule has 1 amide bonds. The first-order valence-corrected chi connectivity index (χ1v) is 11.2. The summed E-state index contributed by atoms with van der Waals surface area (Å²) in [7, 11) is -4.57. The average molecular weight is 506 g/mol. The van der Waals surface area contributed by atoms with E-state index in [-0.39, 0.29) is 11.3 Å². The van der Waals surface area contributed by atoms with Gasteiger partial charge in [-0.2, -0.15) is 18.3 Å². The number of nitro groups is 1. The zero-order valence-corrected chi connectivity index (χ0v) is 18.5. The highest BCUT2D eigenvalue weighted by atomic mass is 32.2. The Hall–Kier alpha value is -4.26. The van der Waals surface area contributed by atoms with Crippen LogP contribution in [0.1, 0.15) is 11.1 Å². The standard InChI is InChI=1S/C22H17F3N4O5S/c23-22(24,25)17-8-6-7-16(13-17)14-26-27-21(30)15-28(18-9-2-1-3-10-18)35(33,34)20-12-5-4-11-19(20)29(31)32/h1-14H,15H2,(H,27,30)/b26-14+. The first kappa shape index (κ1) is 25.4. The fourth-order valence-electron chi connectivity index (χ4n) is 2.99. The van der Waals surface area contributed by atoms with E-state index in [1.807, 2.05) is 0 Å². The van der Waals surface area contributed by atoms with Crippen LogP contribution in [0.2, 0.25) is 0 Å². The summed E-state index contributed by atoms with van der Waals surface area (Å²) in [5.41, 5.74) is 0.592. The van der Waals surface area contributed by atoms with Crippen molar-refractivity contribution in [2.24, 2.45) is 5.10 Å². The summed E-state index contributed by atoms with van der Waals surface area (Å²) in [6.45, 7) is -0.807. The highest BCUT2D eigenvalue weighted by molar-refractivity contribution is 7.93. The predicted octanol–water partition coefficient (Wildman–Crippen LogP) is 3.96. The van der Waals surface area contributed by atoms with Crippen molar-refractivity contribution in [3.8, 4) is 0 Å². The number of nitrogens with one attached hydrogen (secondary N) is 1. The molecule has 0 aliphatic rings. The summed E-state index contributed by atoms with van der Waals surface area (Å²) in [6, 6.07) is 16.3. The minimum Gasteiger partial charge on any atom is -0.271 e. The van der Waals surface area contributed by atoms with Gasteiger partial charge < -0.3 is 0 Å². The zero-order chi connectivity index (χ0) is 25.6. The number of carbonyl (C=O) groups is 1. The highest BCUT2D eigenvalue weighted by Crippen LogP contribution is 2.30. The Morgan fingerprint density at radius 2 is 1.69 bits per heavy atom. The van der Waals surface area contributed by atoms with Crippen LogP contribution in [0, 0.1) is 10.1 Å². The number of sulfonamides is 1. The van der Waals surface area contributed by atoms with E-state index in [0.29, 0.717) is 4.31 Å². The van der Waals surface area contributed by atoms with Crippen LogP contribution in [0.15, 0.2) is 88.9 Å². The van der Waals surface area contributed by atoms with Gasteiger partial charge in [-0.25, -0.2) is 13.8 Å². The molecule has 0 saturated carbocycles. The van der Waals surface area contributed by atoms with Crippen LogP contribution in [-0.4, -0.2) is 32.0 Å². The first-order valence-electron chi connectivity index (χ1n) is 9.80. The van der Waals surface area contributed by atoms with Gasteiger partial charge in [0.15, 0.2) is 4.90 Å². The van der Waals surface area contributed by atoms with Crippen molar-refractivity contribution in [1.82, 2.24) is 5.43 Å². The number of nitro benzene ring substituents is 1. The maximum atomic E-state index is 13.3. The molecule has 9 nitrogen and oxygen atoms in total. The number of hydrazone groups is 1. The van der Waals surface area contributed by atoms with Crippen LogP contribution in [0.4, 0.5) is 24.5 Å². The maximum absolute atomic E-state index is 13.3. The molecule has 0 aliphatic heterocycles. The highest BCUT2D eigenvalue weighted by Gasteiger charge is 2.33. The number of amides is 1. The third-order valence-corrected chi connectivity index (χ3v) is 6.40. The number of benzene rings is 3. The summed E-state index contributed by atoms with van der Waals surface area (Å²) >= 11 is 0. The summed E-state index contributed by atoms with van der Waals surface area (Å²) < 4.78 is 65.8. The molecule has 3 rings (SSSR count). The third kappa shape index (κ3) is 6.20. The average Bonchev–Trinajstić information content (AvgIpc) is 2.82. The molecule has 0 bridgehead atoms. The van der Waals surface area contributed by atoms with Crippen molar-refractivity contribution in [1.29, 1.82) is 0 Å². The van der Waals surface area contributed by atoms with E-state index in [9.17, 15) is 36.5 Å². The monoisotopic (exact) mass is 506 g/mol. The van der Waals surface area contributed by atoms with Crippen molar-refractivity contribution in [3.05, 3.63) is 100 Å². The number of nitrogens with zero attached hydrogens (tertiary/aromatic N) is 3. The summed E-state index contributed by atoms with van der Waals surface area (Å²) in [6.07, 6.45) is -3.59. The van der Waals surface area contributed by atoms with E-state index in [0.717, 1.165) is 30.5 Å². The molecule has 3 aromatic rings. The van der Waals surface area contributed by atoms with Crippen LogP contribution in [0.25, 0.3) is 0 Å². The first-order chi connectivity index (χ1) is 16.5. The lowest BCUT2D eigenvalue weighted by Gasteiger charge is -2.23. The second-order valence-electron chi connectivity index (χ2n) is 6.99. The number of hydrogen-bond acceptors (Lipinski definition) is 6. The van der Waals surface area contributed by atoms with E-state index in [1.54, 1.807) is 6.07 Å². The molecule has 182 valence electrons. The Balaban J connectivity index is 1.86. The van der Waals surface area contributed by atoms with Gasteiger partial charge in [-0.3, -0.25) is 19.2 Å². The lowest BCUT2D eigenvalue weighted by Crippen LogP contribution is -2.39. The van der Waals surface area contributed by atoms with E-state index < -0.39 is 49.7 Å². The molecule has 0 unspecified atom stereocenters. The van der Waals surface area contributed by atoms with Gasteiger partial charge in [0.1, 0.15) is 6.54 Å². The lowest BCUT2D eigenvalue weighted by molar-refractivity contribution is -0.387. The molecule has 0 atom stereocenters. The van der Waals surface area contributed by atoms with Crippen LogP contribution in [0.5, 0.6) is 0 Å². The lowest BCUT2D eigenvalue weighted by atomic mass is 10.1. The van der Waals surface area contributed by atoms with Crippen molar-refractivity contribution in [2.75, 3.05) is 10.8 Å². The zero-order valence-electron chi connectivity index (χ0n) is 17.7. The van der Waals surface area contributed by atoms with Gasteiger partial charge >= 0.3 is 6.18 Å². The SMILES string of the molecule is O=C(CN(c1ccccc1)S(=O)(=O)c1ccccc1[N+](=O)[O-])N/N=C/c1cccc(C(F)(F)F)c1. The van der Waals surface area contributed by atoms with Crippen LogP contribution < -0.4 is 9.73 Å². The van der Waals surface area contributed by atoms with Gasteiger partial charge in [-0.1, -0.05) is 42.5 Å². The molecule has 0 saturated heterocycles. The minimum absolute atomic E-state index is 0.0487. The summed E-state index contributed by atoms with van der Waals surface area (Å²) in [5.74, 6) is -0.931. The Labute approximate surface area is 197 Å². The molecule has 0 aliphatic carbocycles. The number of halogens is 3. The molecule has 1 N–H and O–H groups in total. The van der Waals surface area contributed by atoms with E-state index in [1.165, 1.54) is 48.5 Å². The second-order valence-corrected chi connectivity index (χ2v) is 8.82. The Morgan fingerprint density at radius 1 is 1.03 bits per heavy atom. The number of rotatable bonds is 8. The number of hydrogen-bond donors (Lipinski definition) is 1. The number of anilines is 1. The third-order valence-electron chi connectivity index (χ3n) is 4.58. The van der Waals surface area contributed by atoms with Gasteiger partial charge in [-0.15, -0.1) is 0 Å². The van der Waals surface area contributed by atoms with E-state index in [4.69, 9.17) is 0 Å². The topological polar surface area (TPSA) is 122 Å². The van der Waals surface area contributed by atoms with Crippen LogP contribution in [0.3, 0.4) is 0 Å². The van der Waals surface area contributed by atoms with Gasteiger partial charge in [-0.05, 0) is 35.9 Å². The molecule has 35 heavy (non-hydrogen) atoms. The van der Waals surface area contributed by atoms with Gasteiger partial charge in [0.25, 0.3) is 21.6 Å². The van der Waals surface area contributed by atoms with Gasteiger partial charge in [0.05, 0.1) is 22.4 Å². The molecular formula is C22H17F3N4O5S. The minimum atomic E-state index is -4.57. The fraction of sp³-hybridized carbons (Fsp3) is 0.0909. The van der Waals surface area contributed by atoms with Crippen molar-refractivity contribution >= 4 is 33.5 Å². The molecule has 3 aromatic carbocycles. The number of alkyl halides is 3.